The average Bonchev–Trinajstić information content (AvgIpc) is 3.23. The van der Waals surface area contributed by atoms with E-state index in [1.807, 2.05) is 42.8 Å². The molecule has 3 heterocycles. The molecule has 1 saturated heterocycles. The quantitative estimate of drug-likeness (QED) is 0.703. The van der Waals surface area contributed by atoms with Gasteiger partial charge in [0.2, 0.25) is 5.89 Å². The standard InChI is InChI=1S/C20H23FN4O/c1-14-6-11-18(24(14)2)20-23-22-19(26-20)13-25-12-4-3-5-17(25)15-7-9-16(21)10-8-15/h6-11,17H,3-5,12-13H2,1-2H3/t17-/m1/s1. The molecule has 2 aromatic heterocycles. The summed E-state index contributed by atoms with van der Waals surface area (Å²) in [5, 5.41) is 8.47. The van der Waals surface area contributed by atoms with Gasteiger partial charge in [-0.05, 0) is 56.1 Å². The Morgan fingerprint density at radius 1 is 1.12 bits per heavy atom. The predicted octanol–water partition coefficient (Wildman–Crippen LogP) is 4.25. The van der Waals surface area contributed by atoms with Crippen molar-refractivity contribution >= 4 is 0 Å². The maximum atomic E-state index is 13.2. The molecule has 1 aliphatic heterocycles. The highest BCUT2D eigenvalue weighted by Gasteiger charge is 2.26. The van der Waals surface area contributed by atoms with Gasteiger partial charge in [-0.25, -0.2) is 4.39 Å². The van der Waals surface area contributed by atoms with Crippen LogP contribution in [-0.4, -0.2) is 26.2 Å². The lowest BCUT2D eigenvalue weighted by Gasteiger charge is -2.35. The fourth-order valence-electron chi connectivity index (χ4n) is 3.67. The third-order valence-corrected chi connectivity index (χ3v) is 5.27. The number of halogens is 1. The molecule has 0 aliphatic carbocycles. The van der Waals surface area contributed by atoms with E-state index in [2.05, 4.69) is 15.1 Å². The Bertz CT molecular complexity index is 884. The first-order chi connectivity index (χ1) is 12.6. The minimum Gasteiger partial charge on any atom is -0.418 e. The van der Waals surface area contributed by atoms with Crippen LogP contribution in [-0.2, 0) is 13.6 Å². The van der Waals surface area contributed by atoms with Crippen LogP contribution in [0.1, 0.15) is 42.5 Å². The molecule has 0 unspecified atom stereocenters. The SMILES string of the molecule is Cc1ccc(-c2nnc(CN3CCCC[C@@H]3c3ccc(F)cc3)o2)n1C. The van der Waals surface area contributed by atoms with Crippen LogP contribution >= 0.6 is 0 Å². The molecule has 0 bridgehead atoms. The van der Waals surface area contributed by atoms with Crippen LogP contribution < -0.4 is 0 Å². The van der Waals surface area contributed by atoms with Crippen molar-refractivity contribution in [1.82, 2.24) is 19.7 Å². The summed E-state index contributed by atoms with van der Waals surface area (Å²) in [7, 11) is 1.99. The van der Waals surface area contributed by atoms with E-state index in [0.29, 0.717) is 18.3 Å². The van der Waals surface area contributed by atoms with Gasteiger partial charge in [-0.2, -0.15) is 0 Å². The number of hydrogen-bond acceptors (Lipinski definition) is 4. The average molecular weight is 354 g/mol. The second-order valence-corrected chi connectivity index (χ2v) is 6.95. The summed E-state index contributed by atoms with van der Waals surface area (Å²) in [6.45, 7) is 3.63. The van der Waals surface area contributed by atoms with Gasteiger partial charge in [0.05, 0.1) is 6.54 Å². The largest absolute Gasteiger partial charge is 0.418 e. The van der Waals surface area contributed by atoms with Crippen molar-refractivity contribution in [2.75, 3.05) is 6.54 Å². The molecule has 0 spiro atoms. The van der Waals surface area contributed by atoms with Crippen molar-refractivity contribution in [2.45, 2.75) is 38.8 Å². The minimum atomic E-state index is -0.199. The Balaban J connectivity index is 1.53. The second kappa shape index (κ2) is 7.03. The second-order valence-electron chi connectivity index (χ2n) is 6.95. The van der Waals surface area contributed by atoms with Crippen molar-refractivity contribution in [3.05, 3.63) is 59.4 Å². The summed E-state index contributed by atoms with van der Waals surface area (Å²) in [6.07, 6.45) is 3.38. The summed E-state index contributed by atoms with van der Waals surface area (Å²) < 4.78 is 21.2. The van der Waals surface area contributed by atoms with Crippen LogP contribution in [0.3, 0.4) is 0 Å². The highest BCUT2D eigenvalue weighted by atomic mass is 19.1. The first-order valence-electron chi connectivity index (χ1n) is 9.06. The maximum absolute atomic E-state index is 13.2. The zero-order valence-electron chi connectivity index (χ0n) is 15.2. The lowest BCUT2D eigenvalue weighted by atomic mass is 9.95. The predicted molar refractivity (Wildman–Crippen MR) is 96.8 cm³/mol. The summed E-state index contributed by atoms with van der Waals surface area (Å²) in [5.41, 5.74) is 3.21. The van der Waals surface area contributed by atoms with Crippen LogP contribution in [0.2, 0.25) is 0 Å². The fraction of sp³-hybridized carbons (Fsp3) is 0.400. The molecule has 3 aromatic rings. The summed E-state index contributed by atoms with van der Waals surface area (Å²) in [4.78, 5) is 2.35. The van der Waals surface area contributed by atoms with Gasteiger partial charge in [0.15, 0.2) is 0 Å². The first-order valence-corrected chi connectivity index (χ1v) is 9.06. The van der Waals surface area contributed by atoms with E-state index in [-0.39, 0.29) is 11.9 Å². The molecule has 5 nitrogen and oxygen atoms in total. The van der Waals surface area contributed by atoms with Crippen LogP contribution in [0.5, 0.6) is 0 Å². The van der Waals surface area contributed by atoms with Gasteiger partial charge >= 0.3 is 0 Å². The molecular formula is C20H23FN4O. The van der Waals surface area contributed by atoms with E-state index in [4.69, 9.17) is 4.42 Å². The molecule has 1 fully saturated rings. The molecule has 0 radical (unpaired) electrons. The molecule has 4 rings (SSSR count). The lowest BCUT2D eigenvalue weighted by Crippen LogP contribution is -2.33. The van der Waals surface area contributed by atoms with Crippen LogP contribution in [0.25, 0.3) is 11.6 Å². The third-order valence-electron chi connectivity index (χ3n) is 5.27. The summed E-state index contributed by atoms with van der Waals surface area (Å²) in [6, 6.07) is 11.1. The minimum absolute atomic E-state index is 0.199. The van der Waals surface area contributed by atoms with Gasteiger partial charge < -0.3 is 8.98 Å². The molecule has 26 heavy (non-hydrogen) atoms. The number of aryl methyl sites for hydroxylation is 1. The van der Waals surface area contributed by atoms with Gasteiger partial charge in [-0.1, -0.05) is 18.6 Å². The van der Waals surface area contributed by atoms with Gasteiger partial charge in [-0.15, -0.1) is 10.2 Å². The number of piperidine rings is 1. The first kappa shape index (κ1) is 17.0. The van der Waals surface area contributed by atoms with E-state index in [1.54, 1.807) is 0 Å². The zero-order chi connectivity index (χ0) is 18.1. The van der Waals surface area contributed by atoms with Crippen molar-refractivity contribution in [3.8, 4) is 11.6 Å². The molecule has 0 saturated carbocycles. The fourth-order valence-corrected chi connectivity index (χ4v) is 3.67. The molecule has 136 valence electrons. The maximum Gasteiger partial charge on any atom is 0.264 e. The van der Waals surface area contributed by atoms with Gasteiger partial charge in [0.1, 0.15) is 11.5 Å². The molecule has 1 atom stereocenters. The Kier molecular flexibility index (Phi) is 4.59. The van der Waals surface area contributed by atoms with E-state index in [0.717, 1.165) is 36.3 Å². The number of likely N-dealkylation sites (tertiary alicyclic amines) is 1. The number of aromatic nitrogens is 3. The Hall–Kier alpha value is -2.47. The van der Waals surface area contributed by atoms with E-state index in [1.165, 1.54) is 18.6 Å². The molecule has 6 heteroatoms. The van der Waals surface area contributed by atoms with Gasteiger partial charge in [0.25, 0.3) is 5.89 Å². The molecule has 1 aromatic carbocycles. The number of rotatable bonds is 4. The zero-order valence-corrected chi connectivity index (χ0v) is 15.2. The van der Waals surface area contributed by atoms with Crippen LogP contribution in [0.4, 0.5) is 4.39 Å². The number of nitrogens with zero attached hydrogens (tertiary/aromatic N) is 4. The topological polar surface area (TPSA) is 47.1 Å². The van der Waals surface area contributed by atoms with Gasteiger partial charge in [-0.3, -0.25) is 4.90 Å². The molecule has 0 N–H and O–H groups in total. The number of hydrogen-bond donors (Lipinski definition) is 0. The van der Waals surface area contributed by atoms with E-state index < -0.39 is 0 Å². The molecule has 0 amide bonds. The Morgan fingerprint density at radius 3 is 2.65 bits per heavy atom. The summed E-state index contributed by atoms with van der Waals surface area (Å²) >= 11 is 0. The monoisotopic (exact) mass is 354 g/mol. The smallest absolute Gasteiger partial charge is 0.264 e. The van der Waals surface area contributed by atoms with Gasteiger partial charge in [0, 0.05) is 18.8 Å². The van der Waals surface area contributed by atoms with E-state index in [9.17, 15) is 4.39 Å². The van der Waals surface area contributed by atoms with Crippen LogP contribution in [0.15, 0.2) is 40.8 Å². The van der Waals surface area contributed by atoms with Crippen molar-refractivity contribution in [3.63, 3.8) is 0 Å². The highest BCUT2D eigenvalue weighted by Crippen LogP contribution is 2.32. The third kappa shape index (κ3) is 3.29. The van der Waals surface area contributed by atoms with E-state index >= 15 is 0 Å². The summed E-state index contributed by atoms with van der Waals surface area (Å²) in [5.74, 6) is 0.967. The van der Waals surface area contributed by atoms with Crippen molar-refractivity contribution < 1.29 is 8.81 Å². The Labute approximate surface area is 152 Å². The van der Waals surface area contributed by atoms with Crippen molar-refractivity contribution in [1.29, 1.82) is 0 Å². The molecular weight excluding hydrogens is 331 g/mol. The highest BCUT2D eigenvalue weighted by molar-refractivity contribution is 5.48. The van der Waals surface area contributed by atoms with Crippen LogP contribution in [0, 0.1) is 12.7 Å². The lowest BCUT2D eigenvalue weighted by molar-refractivity contribution is 0.128. The Morgan fingerprint density at radius 2 is 1.92 bits per heavy atom. The van der Waals surface area contributed by atoms with Crippen molar-refractivity contribution in [2.24, 2.45) is 7.05 Å². The normalized spacial score (nSPS) is 18.3. The molecule has 1 aliphatic rings. The number of benzene rings is 1.